The van der Waals surface area contributed by atoms with Crippen molar-refractivity contribution < 1.29 is 10.0 Å². The summed E-state index contributed by atoms with van der Waals surface area (Å²) in [5.41, 5.74) is 5.62. The molecule has 0 radical (unpaired) electrons. The molecule has 0 saturated carbocycles. The van der Waals surface area contributed by atoms with E-state index in [0.29, 0.717) is 5.91 Å². The van der Waals surface area contributed by atoms with Crippen molar-refractivity contribution in [3.63, 3.8) is 0 Å². The van der Waals surface area contributed by atoms with Crippen LogP contribution in [0, 0.1) is 5.92 Å². The van der Waals surface area contributed by atoms with Gasteiger partial charge in [-0.1, -0.05) is 5.16 Å². The minimum Gasteiger partial charge on any atom is -0.409 e. The molecular formula is C12H22N4O2S. The average molecular weight is 286 g/mol. The van der Waals surface area contributed by atoms with E-state index in [0.717, 1.165) is 44.1 Å². The van der Waals surface area contributed by atoms with Crippen molar-refractivity contribution in [2.75, 3.05) is 37.7 Å². The first kappa shape index (κ1) is 14.5. The molecule has 19 heavy (non-hydrogen) atoms. The number of amides is 1. The zero-order valence-electron chi connectivity index (χ0n) is 11.3. The molecule has 2 rings (SSSR count). The van der Waals surface area contributed by atoms with E-state index >= 15 is 0 Å². The summed E-state index contributed by atoms with van der Waals surface area (Å²) >= 11 is 1.87. The predicted octanol–water partition coefficient (Wildman–Crippen LogP) is 0.0186. The van der Waals surface area contributed by atoms with Gasteiger partial charge in [0.25, 0.3) is 0 Å². The van der Waals surface area contributed by atoms with Crippen molar-refractivity contribution in [3.8, 4) is 0 Å². The monoisotopic (exact) mass is 286 g/mol. The van der Waals surface area contributed by atoms with Crippen LogP contribution in [0.25, 0.3) is 0 Å². The van der Waals surface area contributed by atoms with Gasteiger partial charge in [0.15, 0.2) is 5.84 Å². The van der Waals surface area contributed by atoms with Gasteiger partial charge >= 0.3 is 0 Å². The maximum atomic E-state index is 12.3. The number of rotatable bonds is 3. The number of amidine groups is 1. The Bertz CT molecular complexity index is 350. The lowest BCUT2D eigenvalue weighted by atomic mass is 10.1. The Balaban J connectivity index is 1.83. The smallest absolute Gasteiger partial charge is 0.226 e. The molecule has 0 aromatic carbocycles. The molecule has 0 aliphatic carbocycles. The number of piperazine rings is 1. The number of thioether (sulfide) groups is 1. The van der Waals surface area contributed by atoms with Gasteiger partial charge in [0.05, 0.1) is 6.04 Å². The van der Waals surface area contributed by atoms with Crippen molar-refractivity contribution in [1.82, 2.24) is 9.80 Å². The fourth-order valence-corrected chi connectivity index (χ4v) is 3.80. The summed E-state index contributed by atoms with van der Waals surface area (Å²) in [6, 6.07) is -0.0794. The van der Waals surface area contributed by atoms with E-state index < -0.39 is 0 Å². The summed E-state index contributed by atoms with van der Waals surface area (Å²) in [4.78, 5) is 16.4. The average Bonchev–Trinajstić information content (AvgIpc) is 2.99. The van der Waals surface area contributed by atoms with Gasteiger partial charge in [0.2, 0.25) is 5.91 Å². The molecule has 2 atom stereocenters. The van der Waals surface area contributed by atoms with E-state index in [1.165, 1.54) is 0 Å². The first-order chi connectivity index (χ1) is 9.13. The summed E-state index contributed by atoms with van der Waals surface area (Å²) < 4.78 is 0. The summed E-state index contributed by atoms with van der Waals surface area (Å²) in [6.07, 6.45) is 1.02. The standard InChI is InChI=1S/C12H22N4O2S/c1-9(11(13)14-18)15-3-5-16(6-4-15)12(17)10-2-7-19-8-10/h9-10,18H,2-8H2,1H3,(H2,13,14). The molecule has 7 heteroatoms. The molecule has 0 spiro atoms. The number of hydrogen-bond donors (Lipinski definition) is 2. The van der Waals surface area contributed by atoms with E-state index in [4.69, 9.17) is 10.9 Å². The largest absolute Gasteiger partial charge is 0.409 e. The van der Waals surface area contributed by atoms with Crippen molar-refractivity contribution in [2.24, 2.45) is 16.8 Å². The maximum absolute atomic E-state index is 12.3. The summed E-state index contributed by atoms with van der Waals surface area (Å²) in [7, 11) is 0. The maximum Gasteiger partial charge on any atom is 0.226 e. The molecule has 0 aromatic rings. The lowest BCUT2D eigenvalue weighted by Gasteiger charge is -2.38. The van der Waals surface area contributed by atoms with Crippen LogP contribution in [0.3, 0.4) is 0 Å². The van der Waals surface area contributed by atoms with Gasteiger partial charge < -0.3 is 15.8 Å². The van der Waals surface area contributed by atoms with Crippen LogP contribution in [0.2, 0.25) is 0 Å². The highest BCUT2D eigenvalue weighted by Crippen LogP contribution is 2.25. The fraction of sp³-hybridized carbons (Fsp3) is 0.833. The highest BCUT2D eigenvalue weighted by atomic mass is 32.2. The number of oxime groups is 1. The summed E-state index contributed by atoms with van der Waals surface area (Å²) in [6.45, 7) is 4.96. The Labute approximate surface area is 118 Å². The Kier molecular flexibility index (Phi) is 4.93. The molecule has 2 aliphatic heterocycles. The van der Waals surface area contributed by atoms with Crippen molar-refractivity contribution in [2.45, 2.75) is 19.4 Å². The lowest BCUT2D eigenvalue weighted by molar-refractivity contribution is -0.136. The van der Waals surface area contributed by atoms with Gasteiger partial charge in [-0.25, -0.2) is 0 Å². The molecule has 0 aromatic heterocycles. The molecule has 2 fully saturated rings. The summed E-state index contributed by atoms with van der Waals surface area (Å²) in [5.74, 6) is 2.84. The first-order valence-corrected chi connectivity index (χ1v) is 7.87. The predicted molar refractivity (Wildman–Crippen MR) is 76.5 cm³/mol. The fourth-order valence-electron chi connectivity index (χ4n) is 2.59. The number of hydrogen-bond acceptors (Lipinski definition) is 5. The zero-order chi connectivity index (χ0) is 13.8. The van der Waals surface area contributed by atoms with Crippen LogP contribution in [-0.4, -0.2) is 70.5 Å². The van der Waals surface area contributed by atoms with Gasteiger partial charge in [-0.15, -0.1) is 0 Å². The quantitative estimate of drug-likeness (QED) is 0.331. The van der Waals surface area contributed by atoms with Crippen molar-refractivity contribution in [3.05, 3.63) is 0 Å². The van der Waals surface area contributed by atoms with Crippen molar-refractivity contribution in [1.29, 1.82) is 0 Å². The Morgan fingerprint density at radius 2 is 2.11 bits per heavy atom. The first-order valence-electron chi connectivity index (χ1n) is 6.71. The molecule has 2 aliphatic rings. The summed E-state index contributed by atoms with van der Waals surface area (Å²) in [5, 5.41) is 11.7. The molecular weight excluding hydrogens is 264 g/mol. The van der Waals surface area contributed by atoms with Crippen LogP contribution in [0.15, 0.2) is 5.16 Å². The highest BCUT2D eigenvalue weighted by molar-refractivity contribution is 7.99. The molecule has 2 unspecified atom stereocenters. The number of nitrogens with two attached hydrogens (primary N) is 1. The van der Waals surface area contributed by atoms with Crippen LogP contribution in [0.1, 0.15) is 13.3 Å². The molecule has 0 bridgehead atoms. The van der Waals surface area contributed by atoms with Gasteiger partial charge in [-0.05, 0) is 19.1 Å². The van der Waals surface area contributed by atoms with Crippen LogP contribution in [0.5, 0.6) is 0 Å². The second kappa shape index (κ2) is 6.47. The van der Waals surface area contributed by atoms with E-state index in [1.54, 1.807) is 0 Å². The Morgan fingerprint density at radius 3 is 2.63 bits per heavy atom. The van der Waals surface area contributed by atoms with Gasteiger partial charge in [-0.3, -0.25) is 9.69 Å². The van der Waals surface area contributed by atoms with Gasteiger partial charge in [0, 0.05) is 37.8 Å². The number of nitrogens with zero attached hydrogens (tertiary/aromatic N) is 3. The molecule has 2 saturated heterocycles. The van der Waals surface area contributed by atoms with E-state index in [-0.39, 0.29) is 17.8 Å². The minimum absolute atomic E-state index is 0.0794. The van der Waals surface area contributed by atoms with Gasteiger partial charge in [0.1, 0.15) is 0 Å². The Hall–Kier alpha value is -0.950. The lowest BCUT2D eigenvalue weighted by Crippen LogP contribution is -2.55. The third-order valence-corrected chi connectivity index (χ3v) is 5.16. The topological polar surface area (TPSA) is 82.2 Å². The third kappa shape index (κ3) is 3.33. The van der Waals surface area contributed by atoms with Crippen LogP contribution in [0.4, 0.5) is 0 Å². The normalized spacial score (nSPS) is 27.5. The molecule has 1 amide bonds. The number of carbonyl (C=O) groups is 1. The molecule has 6 nitrogen and oxygen atoms in total. The van der Waals surface area contributed by atoms with Crippen LogP contribution < -0.4 is 5.73 Å². The highest BCUT2D eigenvalue weighted by Gasteiger charge is 2.31. The van der Waals surface area contributed by atoms with E-state index in [2.05, 4.69) is 10.1 Å². The molecule has 108 valence electrons. The minimum atomic E-state index is -0.0794. The Morgan fingerprint density at radius 1 is 1.42 bits per heavy atom. The second-order valence-electron chi connectivity index (χ2n) is 5.12. The van der Waals surface area contributed by atoms with E-state index in [9.17, 15) is 4.79 Å². The van der Waals surface area contributed by atoms with Crippen LogP contribution in [-0.2, 0) is 4.79 Å². The second-order valence-corrected chi connectivity index (χ2v) is 6.27. The molecule has 3 N–H and O–H groups in total. The van der Waals surface area contributed by atoms with E-state index in [1.807, 2.05) is 23.6 Å². The van der Waals surface area contributed by atoms with Gasteiger partial charge in [-0.2, -0.15) is 11.8 Å². The SMILES string of the molecule is CC(C(N)=NO)N1CCN(C(=O)C2CCSC2)CC1. The zero-order valence-corrected chi connectivity index (χ0v) is 12.1. The molecule has 2 heterocycles. The van der Waals surface area contributed by atoms with Crippen molar-refractivity contribution >= 4 is 23.5 Å². The number of carbonyl (C=O) groups excluding carboxylic acids is 1. The third-order valence-electron chi connectivity index (χ3n) is 4.00. The van der Waals surface area contributed by atoms with Crippen LogP contribution >= 0.6 is 11.8 Å².